The van der Waals surface area contributed by atoms with Gasteiger partial charge in [0.2, 0.25) is 5.95 Å². The van der Waals surface area contributed by atoms with Crippen LogP contribution in [0.4, 0.5) is 0 Å². The predicted molar refractivity (Wildman–Crippen MR) is 546 cm³/mol. The van der Waals surface area contributed by atoms with Crippen LogP contribution >= 0.6 is 11.3 Å². The molecule has 20 aromatic carbocycles. The molecule has 0 aliphatic heterocycles. The highest BCUT2D eigenvalue weighted by Crippen LogP contribution is 2.55. The SMILES string of the molecule is c1ccc(-c2nc(-c3ccc(-n4c5cccc6c5c5c7c(cccc7ccc54)-c4ccccc4-6)cc3)nc3c2sc2ccccc23)cc1.c1ccc(-c2nc(-c3ccccc3)nc(-c3cc4cccc5c4c4c3oc3cccc(c34)-c3ccccc3-5)n2)cc1.c1ccc(-c2nc(-n3c4cccc5c4c4c6c(cccc6ccc43)-c3ccccc3-5)nc3c2ccc2ccccc23)cc1. The Labute approximate surface area is 759 Å². The van der Waals surface area contributed by atoms with Crippen molar-refractivity contribution in [2.75, 3.05) is 0 Å². The van der Waals surface area contributed by atoms with Crippen molar-refractivity contribution in [3.63, 3.8) is 0 Å². The average molecular weight is 1700 g/mol. The molecule has 0 saturated heterocycles. The monoisotopic (exact) mass is 1700 g/mol. The number of rotatable bonds is 8. The number of benzene rings is 20. The lowest BCUT2D eigenvalue weighted by Crippen LogP contribution is -2.04. The molecule has 0 spiro atoms. The van der Waals surface area contributed by atoms with Crippen LogP contribution in [0.2, 0.25) is 0 Å². The standard InChI is InChI=1S/C44H25N3S.C40H23N3.C37H21N3O/c1-2-10-27(11-3-1)41-43-42(34-15-6-7-19-37(34)48-43)46-44(45-41)28-20-23-29(24-21-28)47-35-18-9-17-33-31-14-5-4-13-30(31)32-16-8-12-26-22-25-36(47)40(38(26)32)39(33)35;1-2-11-26(12-3-1)38-32-22-20-24-10-4-5-14-27(24)39(32)42-40(41-38)43-33-19-9-18-31-29-16-7-6-15-28(29)30-17-8-13-25-21-23-34(43)37(35(25)30)36(31)33;1-3-11-22(12-4-1)35-38-36(23-13-5-2-6-14-23)40-37(39-35)29-21-24-15-9-18-27-25-16-7-8-17-26(25)28-19-10-20-30-32(28)33(31(24)27)34(29)41-30/h1-25H;1-23H;1-21H. The topological polar surface area (TPSA) is 113 Å². The van der Waals surface area contributed by atoms with Crippen molar-refractivity contribution in [3.8, 4) is 146 Å². The molecule has 610 valence electrons. The van der Waals surface area contributed by atoms with Gasteiger partial charge in [-0.15, -0.1) is 11.3 Å². The fraction of sp³-hybridized carbons (Fsp3) is 0. The molecule has 0 atom stereocenters. The summed E-state index contributed by atoms with van der Waals surface area (Å²) in [4.78, 5) is 36.1. The Morgan fingerprint density at radius 2 is 0.621 bits per heavy atom. The lowest BCUT2D eigenvalue weighted by atomic mass is 9.93. The molecule has 11 heteroatoms. The van der Waals surface area contributed by atoms with Crippen LogP contribution in [0.25, 0.3) is 286 Å². The van der Waals surface area contributed by atoms with Crippen LogP contribution < -0.4 is 0 Å². The normalized spacial score (nSPS) is 12.1. The number of fused-ring (bicyclic) bond motifs is 15. The summed E-state index contributed by atoms with van der Waals surface area (Å²) >= 11 is 1.76. The summed E-state index contributed by atoms with van der Waals surface area (Å²) in [7, 11) is 0. The van der Waals surface area contributed by atoms with E-state index in [0.717, 1.165) is 121 Å². The number of aromatic nitrogens is 9. The summed E-state index contributed by atoms with van der Waals surface area (Å²) in [6.07, 6.45) is 0. The molecule has 0 bridgehead atoms. The molecule has 7 aromatic heterocycles. The van der Waals surface area contributed by atoms with Gasteiger partial charge in [-0.1, -0.05) is 346 Å². The molecule has 0 unspecified atom stereocenters. The van der Waals surface area contributed by atoms with E-state index in [9.17, 15) is 0 Å². The first-order chi connectivity index (χ1) is 65.5. The first kappa shape index (κ1) is 73.7. The van der Waals surface area contributed by atoms with Crippen molar-refractivity contribution in [1.82, 2.24) is 44.0 Å². The second-order valence-electron chi connectivity index (χ2n) is 34.3. The fourth-order valence-electron chi connectivity index (χ4n) is 21.5. The Kier molecular flexibility index (Phi) is 16.2. The third kappa shape index (κ3) is 11.1. The predicted octanol–water partition coefficient (Wildman–Crippen LogP) is 32.0. The quantitative estimate of drug-likeness (QED) is 0.138. The maximum atomic E-state index is 6.72. The van der Waals surface area contributed by atoms with Gasteiger partial charge in [-0.25, -0.2) is 34.9 Å². The molecule has 0 fully saturated rings. The Morgan fingerprint density at radius 1 is 0.212 bits per heavy atom. The second kappa shape index (κ2) is 29.0. The molecular formula is C121H69N9OS. The van der Waals surface area contributed by atoms with E-state index in [4.69, 9.17) is 39.3 Å². The van der Waals surface area contributed by atoms with Gasteiger partial charge in [-0.05, 0) is 172 Å². The first-order valence-corrected chi connectivity index (χ1v) is 45.5. The van der Waals surface area contributed by atoms with E-state index in [-0.39, 0.29) is 0 Å². The van der Waals surface area contributed by atoms with Gasteiger partial charge in [0.25, 0.3) is 0 Å². The lowest BCUT2D eigenvalue weighted by molar-refractivity contribution is 0.670. The van der Waals surface area contributed by atoms with Crippen molar-refractivity contribution >= 4 is 151 Å². The van der Waals surface area contributed by atoms with Crippen LogP contribution in [0, 0.1) is 0 Å². The van der Waals surface area contributed by atoms with Crippen LogP contribution in [0.3, 0.4) is 0 Å². The van der Waals surface area contributed by atoms with Crippen molar-refractivity contribution in [2.45, 2.75) is 0 Å². The van der Waals surface area contributed by atoms with Crippen LogP contribution in [0.15, 0.2) is 423 Å². The summed E-state index contributed by atoms with van der Waals surface area (Å²) in [5.74, 6) is 3.27. The number of hydrogen-bond acceptors (Lipinski definition) is 9. The summed E-state index contributed by atoms with van der Waals surface area (Å²) < 4.78 is 13.8. The maximum absolute atomic E-state index is 6.72. The van der Waals surface area contributed by atoms with Gasteiger partial charge in [0.15, 0.2) is 23.3 Å². The molecule has 132 heavy (non-hydrogen) atoms. The van der Waals surface area contributed by atoms with Gasteiger partial charge in [0.05, 0.1) is 54.8 Å². The molecule has 0 saturated carbocycles. The minimum absolute atomic E-state index is 0.590. The lowest BCUT2D eigenvalue weighted by Gasteiger charge is -2.15. The highest BCUT2D eigenvalue weighted by molar-refractivity contribution is 7.26. The van der Waals surface area contributed by atoms with Crippen LogP contribution in [-0.4, -0.2) is 44.0 Å². The second-order valence-corrected chi connectivity index (χ2v) is 35.3. The van der Waals surface area contributed by atoms with Crippen molar-refractivity contribution in [3.05, 3.63) is 419 Å². The zero-order valence-corrected chi connectivity index (χ0v) is 71.5. The van der Waals surface area contributed by atoms with Gasteiger partial charge >= 0.3 is 0 Å². The smallest absolute Gasteiger partial charge is 0.235 e. The number of furan rings is 1. The summed E-state index contributed by atoms with van der Waals surface area (Å²) in [6, 6.07) is 148. The maximum Gasteiger partial charge on any atom is 0.235 e. The molecule has 27 aromatic rings. The van der Waals surface area contributed by atoms with Crippen LogP contribution in [-0.2, 0) is 0 Å². The zero-order chi connectivity index (χ0) is 86.3. The van der Waals surface area contributed by atoms with Gasteiger partial charge in [0.1, 0.15) is 11.2 Å². The average Bonchev–Trinajstić information content (AvgIpc) is 1.55. The first-order valence-electron chi connectivity index (χ1n) is 44.7. The van der Waals surface area contributed by atoms with E-state index >= 15 is 0 Å². The molecule has 0 amide bonds. The van der Waals surface area contributed by atoms with E-state index in [0.29, 0.717) is 23.4 Å². The molecule has 3 aliphatic rings. The fourth-order valence-corrected chi connectivity index (χ4v) is 22.6. The van der Waals surface area contributed by atoms with Crippen molar-refractivity contribution < 1.29 is 4.42 Å². The molecule has 0 N–H and O–H groups in total. The molecule has 0 radical (unpaired) electrons. The summed E-state index contributed by atoms with van der Waals surface area (Å²) in [5.41, 5.74) is 32.3. The molecule has 10 nitrogen and oxygen atoms in total. The Morgan fingerprint density at radius 3 is 1.20 bits per heavy atom. The van der Waals surface area contributed by atoms with Crippen LogP contribution in [0.5, 0.6) is 0 Å². The van der Waals surface area contributed by atoms with E-state index in [2.05, 4.69) is 367 Å². The minimum atomic E-state index is 0.590. The molecule has 30 rings (SSSR count). The zero-order valence-electron chi connectivity index (χ0n) is 70.7. The molecule has 3 aliphatic carbocycles. The Hall–Kier alpha value is -17.5. The molecular weight excluding hydrogens is 1630 g/mol. The van der Waals surface area contributed by atoms with E-state index in [1.54, 1.807) is 11.3 Å². The summed E-state index contributed by atoms with van der Waals surface area (Å²) in [6.45, 7) is 0. The molecule has 7 heterocycles. The van der Waals surface area contributed by atoms with Crippen molar-refractivity contribution in [1.29, 1.82) is 0 Å². The Balaban J connectivity index is 0.0000000994. The van der Waals surface area contributed by atoms with Gasteiger partial charge < -0.3 is 8.98 Å². The highest BCUT2D eigenvalue weighted by Gasteiger charge is 2.32. The van der Waals surface area contributed by atoms with Crippen molar-refractivity contribution in [2.24, 2.45) is 0 Å². The van der Waals surface area contributed by atoms with Crippen LogP contribution in [0.1, 0.15) is 0 Å². The van der Waals surface area contributed by atoms with E-state index in [1.165, 1.54) is 142 Å². The number of hydrogen-bond donors (Lipinski definition) is 0. The van der Waals surface area contributed by atoms with Gasteiger partial charge in [0, 0.05) is 92.1 Å². The number of thiophene rings is 1. The van der Waals surface area contributed by atoms with E-state index in [1.807, 2.05) is 60.7 Å². The Bertz CT molecular complexity index is 9520. The number of nitrogens with zero attached hydrogens (tertiary/aromatic N) is 9. The largest absolute Gasteiger partial charge is 0.455 e. The van der Waals surface area contributed by atoms with Gasteiger partial charge in [-0.2, -0.15) is 0 Å². The summed E-state index contributed by atoms with van der Waals surface area (Å²) in [5, 5.41) is 19.4. The minimum Gasteiger partial charge on any atom is -0.455 e. The third-order valence-corrected chi connectivity index (χ3v) is 28.3. The third-order valence-electron chi connectivity index (χ3n) is 27.1. The van der Waals surface area contributed by atoms with E-state index < -0.39 is 0 Å². The highest BCUT2D eigenvalue weighted by atomic mass is 32.1. The van der Waals surface area contributed by atoms with Gasteiger partial charge in [-0.3, -0.25) is 4.57 Å².